The molecule has 0 radical (unpaired) electrons. The summed E-state index contributed by atoms with van der Waals surface area (Å²) in [7, 11) is 1.64. The Hall–Kier alpha value is -2.82. The van der Waals surface area contributed by atoms with Crippen LogP contribution < -0.4 is 4.74 Å². The molecule has 1 unspecified atom stereocenters. The minimum absolute atomic E-state index is 0.0644. The number of ether oxygens (including phenoxy) is 1. The molecule has 5 heteroatoms. The largest absolute Gasteiger partial charge is 0.497 e. The van der Waals surface area contributed by atoms with Crippen LogP contribution in [0.3, 0.4) is 0 Å². The molecule has 0 saturated heterocycles. The number of carboxylic acids is 1. The molecule has 0 amide bonds. The fraction of sp³-hybridized carbons (Fsp3) is 0.300. The second kappa shape index (κ2) is 6.97. The molecule has 1 N–H and O–H groups in total. The van der Waals surface area contributed by atoms with Gasteiger partial charge in [-0.25, -0.2) is 4.98 Å². The van der Waals surface area contributed by atoms with Crippen LogP contribution in [0, 0.1) is 6.92 Å². The normalized spacial score (nSPS) is 12.3. The first-order valence-corrected chi connectivity index (χ1v) is 8.30. The number of aliphatic carboxylic acids is 1. The van der Waals surface area contributed by atoms with Crippen LogP contribution in [-0.4, -0.2) is 27.7 Å². The highest BCUT2D eigenvalue weighted by molar-refractivity contribution is 5.77. The first-order valence-electron chi connectivity index (χ1n) is 8.30. The summed E-state index contributed by atoms with van der Waals surface area (Å²) in [6.45, 7) is 3.95. The van der Waals surface area contributed by atoms with E-state index in [-0.39, 0.29) is 12.5 Å². The molecule has 1 heterocycles. The Labute approximate surface area is 146 Å². The van der Waals surface area contributed by atoms with E-state index in [2.05, 4.69) is 0 Å². The molecule has 5 nitrogen and oxygen atoms in total. The molecule has 25 heavy (non-hydrogen) atoms. The topological polar surface area (TPSA) is 64.4 Å². The number of rotatable bonds is 6. The Morgan fingerprint density at radius 3 is 2.60 bits per heavy atom. The van der Waals surface area contributed by atoms with Crippen LogP contribution in [0.4, 0.5) is 0 Å². The van der Waals surface area contributed by atoms with Gasteiger partial charge in [0.15, 0.2) is 0 Å². The van der Waals surface area contributed by atoms with E-state index in [4.69, 9.17) is 9.72 Å². The maximum absolute atomic E-state index is 11.2. The third-order valence-electron chi connectivity index (χ3n) is 4.35. The molecule has 130 valence electrons. The van der Waals surface area contributed by atoms with E-state index in [0.29, 0.717) is 6.42 Å². The number of carboxylic acid groups (broad SMARTS) is 1. The lowest BCUT2D eigenvalue weighted by Gasteiger charge is -2.16. The summed E-state index contributed by atoms with van der Waals surface area (Å²) in [5.74, 6) is 0.878. The molecule has 0 fully saturated rings. The van der Waals surface area contributed by atoms with Crippen molar-refractivity contribution in [3.63, 3.8) is 0 Å². The Morgan fingerprint density at radius 1 is 1.24 bits per heavy atom. The predicted octanol–water partition coefficient (Wildman–Crippen LogP) is 3.98. The van der Waals surface area contributed by atoms with Crippen molar-refractivity contribution < 1.29 is 14.6 Å². The molecule has 0 aliphatic heterocycles. The summed E-state index contributed by atoms with van der Waals surface area (Å²) in [6.07, 6.45) is 0.705. The molecule has 3 rings (SSSR count). The van der Waals surface area contributed by atoms with Gasteiger partial charge in [-0.3, -0.25) is 4.79 Å². The second-order valence-electron chi connectivity index (χ2n) is 6.36. The highest BCUT2D eigenvalue weighted by Crippen LogP contribution is 2.26. The molecule has 0 saturated carbocycles. The number of nitrogens with zero attached hydrogens (tertiary/aromatic N) is 2. The van der Waals surface area contributed by atoms with Crippen LogP contribution >= 0.6 is 0 Å². The molecule has 1 atom stereocenters. The number of aryl methyl sites for hydroxylation is 1. The van der Waals surface area contributed by atoms with E-state index in [1.54, 1.807) is 7.11 Å². The molecule has 2 aromatic carbocycles. The molecule has 0 aliphatic rings. The fourth-order valence-electron chi connectivity index (χ4n) is 3.15. The summed E-state index contributed by atoms with van der Waals surface area (Å²) in [5, 5.41) is 9.19. The van der Waals surface area contributed by atoms with E-state index in [9.17, 15) is 9.90 Å². The summed E-state index contributed by atoms with van der Waals surface area (Å²) in [6, 6.07) is 13.8. The van der Waals surface area contributed by atoms with Crippen molar-refractivity contribution >= 4 is 17.0 Å². The van der Waals surface area contributed by atoms with Gasteiger partial charge >= 0.3 is 5.97 Å². The van der Waals surface area contributed by atoms with Crippen LogP contribution in [0.1, 0.15) is 36.3 Å². The minimum Gasteiger partial charge on any atom is -0.497 e. The maximum Gasteiger partial charge on any atom is 0.305 e. The monoisotopic (exact) mass is 338 g/mol. The summed E-state index contributed by atoms with van der Waals surface area (Å²) < 4.78 is 7.25. The standard InChI is InChI=1S/C20H22N2O3/c1-13-4-9-18-17(10-13)21-19(22(18)14(2)11-20(23)24)12-15-5-7-16(25-3)8-6-15/h4-10,14H,11-12H2,1-3H3,(H,23,24). The van der Waals surface area contributed by atoms with Crippen molar-refractivity contribution in [2.24, 2.45) is 0 Å². The SMILES string of the molecule is COc1ccc(Cc2nc3cc(C)ccc3n2C(C)CC(=O)O)cc1. The van der Waals surface area contributed by atoms with Crippen molar-refractivity contribution in [1.29, 1.82) is 0 Å². The summed E-state index contributed by atoms with van der Waals surface area (Å²) in [5.41, 5.74) is 4.12. The number of fused-ring (bicyclic) bond motifs is 1. The van der Waals surface area contributed by atoms with Crippen LogP contribution in [0.5, 0.6) is 5.75 Å². The van der Waals surface area contributed by atoms with Gasteiger partial charge in [-0.05, 0) is 49.2 Å². The Morgan fingerprint density at radius 2 is 1.96 bits per heavy atom. The van der Waals surface area contributed by atoms with Gasteiger partial charge in [0.05, 0.1) is 24.6 Å². The van der Waals surface area contributed by atoms with Gasteiger partial charge in [0.25, 0.3) is 0 Å². The van der Waals surface area contributed by atoms with Gasteiger partial charge in [0, 0.05) is 12.5 Å². The van der Waals surface area contributed by atoms with Gasteiger partial charge < -0.3 is 14.4 Å². The van der Waals surface area contributed by atoms with Gasteiger partial charge in [-0.15, -0.1) is 0 Å². The Balaban J connectivity index is 2.03. The van der Waals surface area contributed by atoms with E-state index in [1.807, 2.05) is 60.9 Å². The third kappa shape index (κ3) is 3.65. The molecular formula is C20H22N2O3. The van der Waals surface area contributed by atoms with Crippen LogP contribution in [0.2, 0.25) is 0 Å². The van der Waals surface area contributed by atoms with Gasteiger partial charge in [-0.1, -0.05) is 18.2 Å². The summed E-state index contributed by atoms with van der Waals surface area (Å²) in [4.78, 5) is 16.0. The van der Waals surface area contributed by atoms with E-state index >= 15 is 0 Å². The number of hydrogen-bond donors (Lipinski definition) is 1. The average molecular weight is 338 g/mol. The lowest BCUT2D eigenvalue weighted by atomic mass is 10.1. The van der Waals surface area contributed by atoms with Crippen LogP contribution in [0.15, 0.2) is 42.5 Å². The first kappa shape index (κ1) is 17.0. The van der Waals surface area contributed by atoms with Crippen LogP contribution in [0.25, 0.3) is 11.0 Å². The number of benzene rings is 2. The smallest absolute Gasteiger partial charge is 0.305 e. The first-order chi connectivity index (χ1) is 12.0. The van der Waals surface area contributed by atoms with Crippen molar-refractivity contribution in [1.82, 2.24) is 9.55 Å². The zero-order valence-electron chi connectivity index (χ0n) is 14.7. The molecule has 1 aromatic heterocycles. The molecule has 0 aliphatic carbocycles. The molecule has 0 bridgehead atoms. The predicted molar refractivity (Wildman–Crippen MR) is 97.2 cm³/mol. The van der Waals surface area contributed by atoms with Gasteiger partial charge in [-0.2, -0.15) is 0 Å². The summed E-state index contributed by atoms with van der Waals surface area (Å²) >= 11 is 0. The fourth-order valence-corrected chi connectivity index (χ4v) is 3.15. The van der Waals surface area contributed by atoms with E-state index in [0.717, 1.165) is 33.7 Å². The number of aromatic nitrogens is 2. The van der Waals surface area contributed by atoms with Crippen molar-refractivity contribution in [3.8, 4) is 5.75 Å². The Kier molecular flexibility index (Phi) is 4.74. The zero-order chi connectivity index (χ0) is 18.0. The van der Waals surface area contributed by atoms with E-state index in [1.165, 1.54) is 0 Å². The van der Waals surface area contributed by atoms with Crippen molar-refractivity contribution in [2.45, 2.75) is 32.7 Å². The van der Waals surface area contributed by atoms with E-state index < -0.39 is 5.97 Å². The lowest BCUT2D eigenvalue weighted by Crippen LogP contribution is -2.13. The highest BCUT2D eigenvalue weighted by Gasteiger charge is 2.18. The lowest BCUT2D eigenvalue weighted by molar-refractivity contribution is -0.137. The van der Waals surface area contributed by atoms with Crippen LogP contribution in [-0.2, 0) is 11.2 Å². The van der Waals surface area contributed by atoms with Crippen molar-refractivity contribution in [3.05, 3.63) is 59.4 Å². The zero-order valence-corrected chi connectivity index (χ0v) is 14.7. The van der Waals surface area contributed by atoms with Gasteiger partial charge in [0.1, 0.15) is 11.6 Å². The maximum atomic E-state index is 11.2. The highest BCUT2D eigenvalue weighted by atomic mass is 16.5. The minimum atomic E-state index is -0.808. The average Bonchev–Trinajstić information content (AvgIpc) is 2.91. The number of carbonyl (C=O) groups is 1. The quantitative estimate of drug-likeness (QED) is 0.738. The molecular weight excluding hydrogens is 316 g/mol. The molecule has 0 spiro atoms. The van der Waals surface area contributed by atoms with Gasteiger partial charge in [0.2, 0.25) is 0 Å². The number of imidazole rings is 1. The number of hydrogen-bond acceptors (Lipinski definition) is 3. The number of methoxy groups -OCH3 is 1. The second-order valence-corrected chi connectivity index (χ2v) is 6.36. The Bertz CT molecular complexity index is 897. The molecule has 3 aromatic rings. The third-order valence-corrected chi connectivity index (χ3v) is 4.35. The van der Waals surface area contributed by atoms with Crippen molar-refractivity contribution in [2.75, 3.05) is 7.11 Å².